The number of hydrogen-bond acceptors (Lipinski definition) is 3. The monoisotopic (exact) mass is 289 g/mol. The average Bonchev–Trinajstić information content (AvgIpc) is 2.95. The van der Waals surface area contributed by atoms with E-state index in [0.717, 1.165) is 25.3 Å². The number of thioether (sulfide) groups is 1. The molecule has 1 heterocycles. The van der Waals surface area contributed by atoms with E-state index in [1.54, 1.807) is 0 Å². The SMILES string of the molecule is CC(C)NCc1cccc(SCCCn2ccnc2)c1. The third-order valence-electron chi connectivity index (χ3n) is 3.00. The number of hydrogen-bond donors (Lipinski definition) is 1. The maximum Gasteiger partial charge on any atom is 0.0945 e. The molecule has 0 radical (unpaired) electrons. The predicted molar refractivity (Wildman–Crippen MR) is 86.0 cm³/mol. The molecule has 20 heavy (non-hydrogen) atoms. The Balaban J connectivity index is 1.73. The van der Waals surface area contributed by atoms with Gasteiger partial charge in [0.05, 0.1) is 6.33 Å². The van der Waals surface area contributed by atoms with Gasteiger partial charge in [0.1, 0.15) is 0 Å². The molecule has 0 bridgehead atoms. The molecule has 0 atom stereocenters. The zero-order chi connectivity index (χ0) is 14.2. The van der Waals surface area contributed by atoms with Crippen LogP contribution in [-0.2, 0) is 13.1 Å². The molecule has 0 unspecified atom stereocenters. The van der Waals surface area contributed by atoms with Crippen molar-refractivity contribution in [3.05, 3.63) is 48.5 Å². The fourth-order valence-corrected chi connectivity index (χ4v) is 2.84. The summed E-state index contributed by atoms with van der Waals surface area (Å²) < 4.78 is 2.13. The lowest BCUT2D eigenvalue weighted by Crippen LogP contribution is -2.21. The van der Waals surface area contributed by atoms with Crippen molar-refractivity contribution in [2.24, 2.45) is 0 Å². The van der Waals surface area contributed by atoms with Crippen molar-refractivity contribution < 1.29 is 0 Å². The quantitative estimate of drug-likeness (QED) is 0.595. The fourth-order valence-electron chi connectivity index (χ4n) is 1.92. The number of nitrogens with zero attached hydrogens (tertiary/aromatic N) is 2. The van der Waals surface area contributed by atoms with Crippen molar-refractivity contribution in [3.8, 4) is 0 Å². The van der Waals surface area contributed by atoms with E-state index in [0.29, 0.717) is 6.04 Å². The lowest BCUT2D eigenvalue weighted by atomic mass is 10.2. The molecule has 1 aromatic carbocycles. The third kappa shape index (κ3) is 5.39. The normalized spacial score (nSPS) is 11.2. The van der Waals surface area contributed by atoms with Crippen LogP contribution >= 0.6 is 11.8 Å². The lowest BCUT2D eigenvalue weighted by molar-refractivity contribution is 0.588. The van der Waals surface area contributed by atoms with Gasteiger partial charge in [-0.25, -0.2) is 4.98 Å². The molecule has 2 rings (SSSR count). The summed E-state index contributed by atoms with van der Waals surface area (Å²) in [5.41, 5.74) is 1.36. The molecular formula is C16H23N3S. The third-order valence-corrected chi connectivity index (χ3v) is 4.08. The van der Waals surface area contributed by atoms with Crippen molar-refractivity contribution >= 4 is 11.8 Å². The van der Waals surface area contributed by atoms with Crippen molar-refractivity contribution in [3.63, 3.8) is 0 Å². The standard InChI is InChI=1S/C16H23N3S/c1-14(2)18-12-15-5-3-6-16(11-15)20-10-4-8-19-9-7-17-13-19/h3,5-7,9,11,13-14,18H,4,8,10,12H2,1-2H3. The summed E-state index contributed by atoms with van der Waals surface area (Å²) >= 11 is 1.93. The van der Waals surface area contributed by atoms with E-state index >= 15 is 0 Å². The minimum Gasteiger partial charge on any atom is -0.337 e. The van der Waals surface area contributed by atoms with E-state index < -0.39 is 0 Å². The first-order valence-corrected chi connectivity index (χ1v) is 8.13. The summed E-state index contributed by atoms with van der Waals surface area (Å²) in [6.45, 7) is 6.34. The first kappa shape index (κ1) is 15.1. The molecule has 0 spiro atoms. The zero-order valence-corrected chi connectivity index (χ0v) is 13.1. The van der Waals surface area contributed by atoms with E-state index in [1.165, 1.54) is 10.5 Å². The minimum absolute atomic E-state index is 0.529. The number of imidazole rings is 1. The van der Waals surface area contributed by atoms with Crippen LogP contribution in [0.5, 0.6) is 0 Å². The van der Waals surface area contributed by atoms with Gasteiger partial charge in [0, 0.05) is 36.4 Å². The Kier molecular flexibility index (Phi) is 6.15. The molecule has 3 nitrogen and oxygen atoms in total. The molecule has 1 aromatic heterocycles. The molecule has 2 aromatic rings. The van der Waals surface area contributed by atoms with Crippen molar-refractivity contribution in [2.45, 2.75) is 44.3 Å². The minimum atomic E-state index is 0.529. The summed E-state index contributed by atoms with van der Waals surface area (Å²) in [4.78, 5) is 5.41. The first-order valence-electron chi connectivity index (χ1n) is 7.15. The smallest absolute Gasteiger partial charge is 0.0945 e. The predicted octanol–water partition coefficient (Wildman–Crippen LogP) is 3.56. The Bertz CT molecular complexity index is 494. The van der Waals surface area contributed by atoms with Crippen LogP contribution in [0.15, 0.2) is 47.9 Å². The maximum atomic E-state index is 4.05. The zero-order valence-electron chi connectivity index (χ0n) is 12.2. The Labute approximate surface area is 125 Å². The van der Waals surface area contributed by atoms with Gasteiger partial charge in [0.2, 0.25) is 0 Å². The van der Waals surface area contributed by atoms with E-state index in [2.05, 4.69) is 53.0 Å². The van der Waals surface area contributed by atoms with Crippen molar-refractivity contribution in [1.82, 2.24) is 14.9 Å². The largest absolute Gasteiger partial charge is 0.337 e. The molecule has 0 fully saturated rings. The van der Waals surface area contributed by atoms with Crippen LogP contribution in [0.4, 0.5) is 0 Å². The second-order valence-electron chi connectivity index (χ2n) is 5.19. The maximum absolute atomic E-state index is 4.05. The molecule has 4 heteroatoms. The number of benzene rings is 1. The highest BCUT2D eigenvalue weighted by Crippen LogP contribution is 2.20. The topological polar surface area (TPSA) is 29.9 Å². The molecular weight excluding hydrogens is 266 g/mol. The first-order chi connectivity index (χ1) is 9.74. The molecule has 0 saturated carbocycles. The van der Waals surface area contributed by atoms with Crippen molar-refractivity contribution in [1.29, 1.82) is 0 Å². The molecule has 0 aliphatic heterocycles. The highest BCUT2D eigenvalue weighted by molar-refractivity contribution is 7.99. The van der Waals surface area contributed by atoms with Gasteiger partial charge in [0.25, 0.3) is 0 Å². The molecule has 0 amide bonds. The Morgan fingerprint density at radius 1 is 1.35 bits per heavy atom. The van der Waals surface area contributed by atoms with Gasteiger partial charge >= 0.3 is 0 Å². The van der Waals surface area contributed by atoms with Gasteiger partial charge in [-0.3, -0.25) is 0 Å². The summed E-state index contributed by atoms with van der Waals surface area (Å²) in [6, 6.07) is 9.35. The number of nitrogens with one attached hydrogen (secondary N) is 1. The van der Waals surface area contributed by atoms with Gasteiger partial charge < -0.3 is 9.88 Å². The second kappa shape index (κ2) is 8.12. The van der Waals surface area contributed by atoms with Gasteiger partial charge in [-0.05, 0) is 29.9 Å². The van der Waals surface area contributed by atoms with Crippen molar-refractivity contribution in [2.75, 3.05) is 5.75 Å². The van der Waals surface area contributed by atoms with Crippen LogP contribution in [0, 0.1) is 0 Å². The molecule has 108 valence electrons. The van der Waals surface area contributed by atoms with E-state index in [9.17, 15) is 0 Å². The highest BCUT2D eigenvalue weighted by atomic mass is 32.2. The summed E-state index contributed by atoms with van der Waals surface area (Å²) in [5.74, 6) is 1.14. The van der Waals surface area contributed by atoms with Crippen LogP contribution in [0.1, 0.15) is 25.8 Å². The van der Waals surface area contributed by atoms with Crippen LogP contribution < -0.4 is 5.32 Å². The molecule has 0 saturated heterocycles. The molecule has 0 aliphatic carbocycles. The lowest BCUT2D eigenvalue weighted by Gasteiger charge is -2.09. The van der Waals surface area contributed by atoms with Crippen LogP contribution in [0.2, 0.25) is 0 Å². The number of rotatable bonds is 8. The highest BCUT2D eigenvalue weighted by Gasteiger charge is 1.99. The van der Waals surface area contributed by atoms with Gasteiger partial charge in [-0.2, -0.15) is 0 Å². The van der Waals surface area contributed by atoms with Crippen LogP contribution in [0.3, 0.4) is 0 Å². The van der Waals surface area contributed by atoms with Gasteiger partial charge in [0.15, 0.2) is 0 Å². The van der Waals surface area contributed by atoms with E-state index in [1.807, 2.05) is 30.5 Å². The second-order valence-corrected chi connectivity index (χ2v) is 6.35. The fraction of sp³-hybridized carbons (Fsp3) is 0.438. The summed E-state index contributed by atoms with van der Waals surface area (Å²) in [5, 5.41) is 3.46. The summed E-state index contributed by atoms with van der Waals surface area (Å²) in [7, 11) is 0. The van der Waals surface area contributed by atoms with E-state index in [-0.39, 0.29) is 0 Å². The molecule has 0 aliphatic rings. The average molecular weight is 289 g/mol. The number of aromatic nitrogens is 2. The Morgan fingerprint density at radius 2 is 2.25 bits per heavy atom. The van der Waals surface area contributed by atoms with Gasteiger partial charge in [-0.15, -0.1) is 11.8 Å². The van der Waals surface area contributed by atoms with Crippen LogP contribution in [-0.4, -0.2) is 21.3 Å². The Morgan fingerprint density at radius 3 is 3.00 bits per heavy atom. The number of aryl methyl sites for hydroxylation is 1. The summed E-state index contributed by atoms with van der Waals surface area (Å²) in [6.07, 6.45) is 6.89. The Hall–Kier alpha value is -1.26. The van der Waals surface area contributed by atoms with Gasteiger partial charge in [-0.1, -0.05) is 26.0 Å². The van der Waals surface area contributed by atoms with Crippen LogP contribution in [0.25, 0.3) is 0 Å². The van der Waals surface area contributed by atoms with E-state index in [4.69, 9.17) is 0 Å². The molecule has 1 N–H and O–H groups in total.